The van der Waals surface area contributed by atoms with E-state index in [-0.39, 0.29) is 11.3 Å². The Bertz CT molecular complexity index is 779. The van der Waals surface area contributed by atoms with Gasteiger partial charge >= 0.3 is 0 Å². The lowest BCUT2D eigenvalue weighted by molar-refractivity contribution is 0.475. The zero-order chi connectivity index (χ0) is 13.2. The fourth-order valence-electron chi connectivity index (χ4n) is 1.97. The third-order valence-electron chi connectivity index (χ3n) is 2.92. The van der Waals surface area contributed by atoms with Crippen LogP contribution >= 0.6 is 0 Å². The molecule has 3 rings (SSSR count). The summed E-state index contributed by atoms with van der Waals surface area (Å²) in [6, 6.07) is 9.97. The molecule has 2 heterocycles. The van der Waals surface area contributed by atoms with Crippen molar-refractivity contribution in [2.45, 2.75) is 6.54 Å². The van der Waals surface area contributed by atoms with Crippen LogP contribution in [0.25, 0.3) is 11.0 Å². The molecule has 0 atom stereocenters. The van der Waals surface area contributed by atoms with Gasteiger partial charge in [-0.1, -0.05) is 12.1 Å². The van der Waals surface area contributed by atoms with Gasteiger partial charge in [0.15, 0.2) is 0 Å². The maximum Gasteiger partial charge on any atom is 0.252 e. The van der Waals surface area contributed by atoms with Crippen molar-refractivity contribution in [3.63, 3.8) is 0 Å². The van der Waals surface area contributed by atoms with Crippen LogP contribution in [0.15, 0.2) is 53.7 Å². The number of fused-ring (bicyclic) bond motifs is 1. The minimum Gasteiger partial charge on any atom is -0.508 e. The first kappa shape index (κ1) is 11.4. The summed E-state index contributed by atoms with van der Waals surface area (Å²) < 4.78 is 1.59. The van der Waals surface area contributed by atoms with E-state index in [2.05, 4.69) is 9.97 Å². The molecule has 0 saturated heterocycles. The number of phenols is 1. The van der Waals surface area contributed by atoms with Gasteiger partial charge in [-0.15, -0.1) is 0 Å². The quantitative estimate of drug-likeness (QED) is 0.752. The smallest absolute Gasteiger partial charge is 0.252 e. The Morgan fingerprint density at radius 2 is 1.89 bits per heavy atom. The Morgan fingerprint density at radius 3 is 2.68 bits per heavy atom. The van der Waals surface area contributed by atoms with Crippen LogP contribution in [0.5, 0.6) is 5.75 Å². The van der Waals surface area contributed by atoms with Gasteiger partial charge in [0.1, 0.15) is 17.7 Å². The molecule has 0 aliphatic carbocycles. The van der Waals surface area contributed by atoms with E-state index in [9.17, 15) is 9.90 Å². The van der Waals surface area contributed by atoms with Gasteiger partial charge in [-0.25, -0.2) is 9.97 Å². The van der Waals surface area contributed by atoms with Gasteiger partial charge in [0.05, 0.1) is 6.54 Å². The summed E-state index contributed by atoms with van der Waals surface area (Å²) in [6.07, 6.45) is 3.10. The van der Waals surface area contributed by atoms with Crippen molar-refractivity contribution in [3.8, 4) is 5.75 Å². The van der Waals surface area contributed by atoms with E-state index in [1.165, 1.54) is 12.4 Å². The zero-order valence-electron chi connectivity index (χ0n) is 10.0. The molecule has 0 amide bonds. The molecule has 1 N–H and O–H groups in total. The molecular formula is C14H11N3O2. The van der Waals surface area contributed by atoms with Crippen LogP contribution in [0.4, 0.5) is 0 Å². The lowest BCUT2D eigenvalue weighted by Gasteiger charge is -2.08. The molecular weight excluding hydrogens is 242 g/mol. The summed E-state index contributed by atoms with van der Waals surface area (Å²) in [5.41, 5.74) is 1.42. The number of pyridine rings is 1. The molecule has 0 saturated carbocycles. The first-order chi connectivity index (χ1) is 9.24. The minimum atomic E-state index is -0.112. The van der Waals surface area contributed by atoms with Crippen molar-refractivity contribution < 1.29 is 5.11 Å². The molecule has 5 nitrogen and oxygen atoms in total. The summed E-state index contributed by atoms with van der Waals surface area (Å²) in [4.78, 5) is 20.1. The average Bonchev–Trinajstić information content (AvgIpc) is 2.44. The highest BCUT2D eigenvalue weighted by atomic mass is 16.3. The number of rotatable bonds is 2. The largest absolute Gasteiger partial charge is 0.508 e. The van der Waals surface area contributed by atoms with E-state index in [1.807, 2.05) is 0 Å². The van der Waals surface area contributed by atoms with E-state index in [4.69, 9.17) is 0 Å². The van der Waals surface area contributed by atoms with E-state index in [1.54, 1.807) is 41.1 Å². The SMILES string of the molecule is O=c1ccc2cncnc2n1Cc1ccc(O)cc1. The topological polar surface area (TPSA) is 68.0 Å². The van der Waals surface area contributed by atoms with Crippen LogP contribution in [-0.2, 0) is 6.54 Å². The molecule has 0 unspecified atom stereocenters. The third kappa shape index (κ3) is 2.18. The van der Waals surface area contributed by atoms with Gasteiger partial charge in [0, 0.05) is 17.6 Å². The number of benzene rings is 1. The summed E-state index contributed by atoms with van der Waals surface area (Å²) >= 11 is 0. The maximum absolute atomic E-state index is 12.0. The van der Waals surface area contributed by atoms with Gasteiger partial charge in [0.25, 0.3) is 5.56 Å². The number of phenolic OH excluding ortho intramolecular Hbond substituents is 1. The Balaban J connectivity index is 2.12. The summed E-state index contributed by atoms with van der Waals surface area (Å²) in [7, 11) is 0. The van der Waals surface area contributed by atoms with Crippen molar-refractivity contribution in [1.29, 1.82) is 0 Å². The lowest BCUT2D eigenvalue weighted by Crippen LogP contribution is -2.20. The van der Waals surface area contributed by atoms with Crippen molar-refractivity contribution in [1.82, 2.24) is 14.5 Å². The van der Waals surface area contributed by atoms with Crippen molar-refractivity contribution in [2.75, 3.05) is 0 Å². The normalized spacial score (nSPS) is 10.7. The number of hydrogen-bond donors (Lipinski definition) is 1. The van der Waals surface area contributed by atoms with E-state index >= 15 is 0 Å². The predicted molar refractivity (Wildman–Crippen MR) is 71.0 cm³/mol. The molecule has 0 aliphatic heterocycles. The molecule has 0 bridgehead atoms. The number of nitrogens with zero attached hydrogens (tertiary/aromatic N) is 3. The highest BCUT2D eigenvalue weighted by Crippen LogP contribution is 2.12. The molecule has 5 heteroatoms. The van der Waals surface area contributed by atoms with E-state index < -0.39 is 0 Å². The summed E-state index contributed by atoms with van der Waals surface area (Å²) in [5, 5.41) is 10.1. The lowest BCUT2D eigenvalue weighted by atomic mass is 10.2. The highest BCUT2D eigenvalue weighted by Gasteiger charge is 2.05. The number of aromatic hydroxyl groups is 1. The Labute approximate surface area is 108 Å². The molecule has 0 aliphatic rings. The molecule has 94 valence electrons. The molecule has 0 spiro atoms. The zero-order valence-corrected chi connectivity index (χ0v) is 10.0. The second-order valence-electron chi connectivity index (χ2n) is 4.23. The molecule has 3 aromatic rings. The van der Waals surface area contributed by atoms with Crippen LogP contribution in [0.2, 0.25) is 0 Å². The molecule has 2 aromatic heterocycles. The molecule has 1 aromatic carbocycles. The maximum atomic E-state index is 12.0. The summed E-state index contributed by atoms with van der Waals surface area (Å²) in [5.74, 6) is 0.205. The molecule has 0 radical (unpaired) electrons. The van der Waals surface area contributed by atoms with Crippen LogP contribution in [0.1, 0.15) is 5.56 Å². The fraction of sp³-hybridized carbons (Fsp3) is 0.0714. The van der Waals surface area contributed by atoms with E-state index in [0.29, 0.717) is 12.2 Å². The van der Waals surface area contributed by atoms with Crippen molar-refractivity contribution in [3.05, 3.63) is 64.8 Å². The van der Waals surface area contributed by atoms with Crippen LogP contribution in [0, 0.1) is 0 Å². The predicted octanol–water partition coefficient (Wildman–Crippen LogP) is 1.55. The van der Waals surface area contributed by atoms with Crippen molar-refractivity contribution >= 4 is 11.0 Å². The van der Waals surface area contributed by atoms with Gasteiger partial charge in [-0.2, -0.15) is 0 Å². The number of hydrogen-bond acceptors (Lipinski definition) is 4. The van der Waals surface area contributed by atoms with Gasteiger partial charge in [0.2, 0.25) is 0 Å². The Hall–Kier alpha value is -2.69. The second-order valence-corrected chi connectivity index (χ2v) is 4.23. The highest BCUT2D eigenvalue weighted by molar-refractivity contribution is 5.73. The fourth-order valence-corrected chi connectivity index (χ4v) is 1.97. The number of aromatic nitrogens is 3. The standard InChI is InChI=1S/C14H11N3O2/c18-12-4-1-10(2-5-12)8-17-13(19)6-3-11-7-15-9-16-14(11)17/h1-7,9,18H,8H2. The van der Waals surface area contributed by atoms with Crippen LogP contribution in [-0.4, -0.2) is 19.6 Å². The minimum absolute atomic E-state index is 0.112. The first-order valence-electron chi connectivity index (χ1n) is 5.81. The first-order valence-corrected chi connectivity index (χ1v) is 5.81. The van der Waals surface area contributed by atoms with Crippen LogP contribution < -0.4 is 5.56 Å². The van der Waals surface area contributed by atoms with E-state index in [0.717, 1.165) is 10.9 Å². The third-order valence-corrected chi connectivity index (χ3v) is 2.92. The molecule has 0 fully saturated rings. The average molecular weight is 253 g/mol. The van der Waals surface area contributed by atoms with Crippen molar-refractivity contribution in [2.24, 2.45) is 0 Å². The van der Waals surface area contributed by atoms with Crippen LogP contribution in [0.3, 0.4) is 0 Å². The van der Waals surface area contributed by atoms with Gasteiger partial charge < -0.3 is 5.11 Å². The second kappa shape index (κ2) is 4.53. The molecule has 19 heavy (non-hydrogen) atoms. The summed E-state index contributed by atoms with van der Waals surface area (Å²) in [6.45, 7) is 0.410. The monoisotopic (exact) mass is 253 g/mol. The van der Waals surface area contributed by atoms with Gasteiger partial charge in [-0.05, 0) is 23.8 Å². The Morgan fingerprint density at radius 1 is 1.11 bits per heavy atom. The Kier molecular flexibility index (Phi) is 2.72. The van der Waals surface area contributed by atoms with Gasteiger partial charge in [-0.3, -0.25) is 9.36 Å².